The summed E-state index contributed by atoms with van der Waals surface area (Å²) in [5.74, 6) is 1.64. The van der Waals surface area contributed by atoms with E-state index >= 15 is 0 Å². The van der Waals surface area contributed by atoms with Crippen LogP contribution < -0.4 is 0 Å². The third-order valence-electron chi connectivity index (χ3n) is 15.3. The van der Waals surface area contributed by atoms with Crippen LogP contribution in [0, 0.1) is 56.7 Å². The summed E-state index contributed by atoms with van der Waals surface area (Å²) in [5.41, 5.74) is 1.23. The van der Waals surface area contributed by atoms with Crippen molar-refractivity contribution in [1.29, 1.82) is 0 Å². The number of carbonyl (C=O) groups is 2. The van der Waals surface area contributed by atoms with Gasteiger partial charge in [-0.25, -0.2) is 4.79 Å². The van der Waals surface area contributed by atoms with Crippen LogP contribution >= 0.6 is 0 Å². The average Bonchev–Trinajstić information content (AvgIpc) is 3.54. The molecule has 0 spiro atoms. The molecule has 0 aromatic rings. The lowest BCUT2D eigenvalue weighted by atomic mass is 9.32. The SMILES string of the molecule is C=C(C)C1CC[C@]2(C(=O)OC)CCC3(C)C(CCC4C5(C)CCC(OC(=O)OCC6COC(C)(C)O6)C(C)(C)C5CCC43C)C12. The minimum Gasteiger partial charge on any atom is -0.469 e. The van der Waals surface area contributed by atoms with Crippen molar-refractivity contribution in [2.45, 2.75) is 138 Å². The number of methoxy groups -OCH3 is 1. The van der Waals surface area contributed by atoms with E-state index < -0.39 is 11.9 Å². The fourth-order valence-electron chi connectivity index (χ4n) is 13.0. The molecule has 0 amide bonds. The Morgan fingerprint density at radius 3 is 2.22 bits per heavy atom. The molecule has 10 unspecified atom stereocenters. The van der Waals surface area contributed by atoms with Crippen LogP contribution in [0.2, 0.25) is 0 Å². The maximum atomic E-state index is 13.5. The van der Waals surface area contributed by atoms with Crippen LogP contribution in [0.3, 0.4) is 0 Å². The Kier molecular flexibility index (Phi) is 8.12. The highest BCUT2D eigenvalue weighted by molar-refractivity contribution is 5.78. The van der Waals surface area contributed by atoms with E-state index in [1.807, 2.05) is 13.8 Å². The molecule has 0 radical (unpaired) electrons. The van der Waals surface area contributed by atoms with Crippen molar-refractivity contribution in [3.05, 3.63) is 12.2 Å². The molecule has 7 nitrogen and oxygen atoms in total. The van der Waals surface area contributed by atoms with Crippen LogP contribution in [0.15, 0.2) is 12.2 Å². The van der Waals surface area contributed by atoms with Gasteiger partial charge in [0.05, 0.1) is 19.1 Å². The number of hydrogen-bond acceptors (Lipinski definition) is 7. The molecule has 45 heavy (non-hydrogen) atoms. The highest BCUT2D eigenvalue weighted by Gasteiger charge is 2.72. The van der Waals surface area contributed by atoms with Crippen LogP contribution in [-0.2, 0) is 28.5 Å². The monoisotopic (exact) mass is 628 g/mol. The second-order valence-electron chi connectivity index (χ2n) is 17.8. The van der Waals surface area contributed by atoms with Gasteiger partial charge in [0, 0.05) is 5.41 Å². The topological polar surface area (TPSA) is 80.3 Å². The maximum absolute atomic E-state index is 13.5. The molecule has 1 saturated heterocycles. The Hall–Kier alpha value is -1.60. The van der Waals surface area contributed by atoms with Crippen molar-refractivity contribution in [3.63, 3.8) is 0 Å². The van der Waals surface area contributed by atoms with Gasteiger partial charge in [0.15, 0.2) is 5.79 Å². The molecule has 7 heteroatoms. The molecular formula is C38H60O7. The molecule has 0 N–H and O–H groups in total. The summed E-state index contributed by atoms with van der Waals surface area (Å²) in [6.45, 7) is 23.3. The van der Waals surface area contributed by atoms with Gasteiger partial charge in [-0.3, -0.25) is 4.79 Å². The quantitative estimate of drug-likeness (QED) is 0.223. The number of esters is 1. The highest BCUT2D eigenvalue weighted by Crippen LogP contribution is 2.77. The lowest BCUT2D eigenvalue weighted by Crippen LogP contribution is -2.67. The van der Waals surface area contributed by atoms with E-state index in [1.165, 1.54) is 24.8 Å². The third-order valence-corrected chi connectivity index (χ3v) is 15.3. The lowest BCUT2D eigenvalue weighted by molar-refractivity contribution is -0.249. The molecule has 1 heterocycles. The molecule has 0 aromatic heterocycles. The maximum Gasteiger partial charge on any atom is 0.508 e. The number of carbonyl (C=O) groups excluding carboxylic acids is 2. The van der Waals surface area contributed by atoms with Crippen LogP contribution in [-0.4, -0.2) is 50.4 Å². The van der Waals surface area contributed by atoms with Gasteiger partial charge in [-0.15, -0.1) is 0 Å². The molecule has 0 bridgehead atoms. The van der Waals surface area contributed by atoms with Crippen LogP contribution in [0.4, 0.5) is 4.79 Å². The molecule has 11 atom stereocenters. The van der Waals surface area contributed by atoms with E-state index in [0.29, 0.717) is 36.2 Å². The number of ether oxygens (including phenoxy) is 5. The van der Waals surface area contributed by atoms with Gasteiger partial charge in [-0.1, -0.05) is 46.8 Å². The van der Waals surface area contributed by atoms with Crippen LogP contribution in [0.5, 0.6) is 0 Å². The fraction of sp³-hybridized carbons (Fsp3) is 0.895. The van der Waals surface area contributed by atoms with Gasteiger partial charge in [-0.05, 0) is 131 Å². The Morgan fingerprint density at radius 2 is 1.58 bits per heavy atom. The molecule has 6 rings (SSSR count). The predicted molar refractivity (Wildman–Crippen MR) is 172 cm³/mol. The molecule has 5 saturated carbocycles. The van der Waals surface area contributed by atoms with Gasteiger partial charge in [-0.2, -0.15) is 0 Å². The second kappa shape index (κ2) is 11.0. The summed E-state index contributed by atoms with van der Waals surface area (Å²) in [7, 11) is 1.58. The first kappa shape index (κ1) is 33.3. The highest BCUT2D eigenvalue weighted by atomic mass is 16.8. The molecule has 254 valence electrons. The Morgan fingerprint density at radius 1 is 0.844 bits per heavy atom. The molecule has 1 aliphatic heterocycles. The van der Waals surface area contributed by atoms with Gasteiger partial charge in [0.1, 0.15) is 18.8 Å². The number of rotatable bonds is 5. The standard InChI is InChI=1S/C38H60O7/c1-23(2)25-13-18-38(31(39)41-10)20-19-36(8)26(30(25)38)11-12-28-35(7)16-15-29(33(3,4)27(35)14-17-37(28,36)9)44-32(40)42-21-24-22-43-34(5,6)45-24/h24-30H,1,11-22H2,2-10H3/t24?,25?,26?,27?,28?,29?,30?,35?,36?,37?,38-/m0/s1. The van der Waals surface area contributed by atoms with Crippen LogP contribution in [0.25, 0.3) is 0 Å². The van der Waals surface area contributed by atoms with Gasteiger partial charge in [0.2, 0.25) is 0 Å². The molecule has 0 aromatic carbocycles. The molecular weight excluding hydrogens is 568 g/mol. The zero-order chi connectivity index (χ0) is 32.8. The van der Waals surface area contributed by atoms with Crippen molar-refractivity contribution < 1.29 is 33.3 Å². The zero-order valence-corrected chi connectivity index (χ0v) is 29.6. The Labute approximate surface area is 271 Å². The van der Waals surface area contributed by atoms with Crippen molar-refractivity contribution >= 4 is 12.1 Å². The van der Waals surface area contributed by atoms with E-state index in [9.17, 15) is 9.59 Å². The number of fused-ring (bicyclic) bond motifs is 7. The summed E-state index contributed by atoms with van der Waals surface area (Å²) in [6, 6.07) is 0. The molecule has 6 fully saturated rings. The Balaban J connectivity index is 1.21. The van der Waals surface area contributed by atoms with E-state index in [1.54, 1.807) is 7.11 Å². The first-order chi connectivity index (χ1) is 20.9. The summed E-state index contributed by atoms with van der Waals surface area (Å²) >= 11 is 0. The van der Waals surface area contributed by atoms with Gasteiger partial charge in [0.25, 0.3) is 0 Å². The average molecular weight is 629 g/mol. The second-order valence-corrected chi connectivity index (χ2v) is 17.8. The van der Waals surface area contributed by atoms with E-state index in [0.717, 1.165) is 44.9 Å². The first-order valence-electron chi connectivity index (χ1n) is 17.8. The number of allylic oxidation sites excluding steroid dienone is 1. The van der Waals surface area contributed by atoms with Crippen molar-refractivity contribution in [3.8, 4) is 0 Å². The largest absolute Gasteiger partial charge is 0.508 e. The molecule has 5 aliphatic carbocycles. The van der Waals surface area contributed by atoms with E-state index in [2.05, 4.69) is 48.1 Å². The molecule has 6 aliphatic rings. The zero-order valence-electron chi connectivity index (χ0n) is 29.6. The van der Waals surface area contributed by atoms with Crippen molar-refractivity contribution in [1.82, 2.24) is 0 Å². The predicted octanol–water partition coefficient (Wildman–Crippen LogP) is 8.49. The van der Waals surface area contributed by atoms with Gasteiger partial charge >= 0.3 is 12.1 Å². The van der Waals surface area contributed by atoms with Crippen molar-refractivity contribution in [2.24, 2.45) is 56.7 Å². The lowest BCUT2D eigenvalue weighted by Gasteiger charge is -2.72. The smallest absolute Gasteiger partial charge is 0.469 e. The number of hydrogen-bond donors (Lipinski definition) is 0. The van der Waals surface area contributed by atoms with E-state index in [4.69, 9.17) is 23.7 Å². The first-order valence-corrected chi connectivity index (χ1v) is 17.8. The summed E-state index contributed by atoms with van der Waals surface area (Å²) in [5, 5.41) is 0. The minimum atomic E-state index is -0.648. The Bertz CT molecular complexity index is 1210. The van der Waals surface area contributed by atoms with Crippen LogP contribution in [0.1, 0.15) is 120 Å². The summed E-state index contributed by atoms with van der Waals surface area (Å²) in [4.78, 5) is 26.4. The van der Waals surface area contributed by atoms with Gasteiger partial charge < -0.3 is 23.7 Å². The van der Waals surface area contributed by atoms with E-state index in [-0.39, 0.29) is 51.9 Å². The fourth-order valence-corrected chi connectivity index (χ4v) is 13.0. The normalized spacial score (nSPS) is 47.8. The van der Waals surface area contributed by atoms with Crippen molar-refractivity contribution in [2.75, 3.05) is 20.3 Å². The minimum absolute atomic E-state index is 0.0211. The summed E-state index contributed by atoms with van der Waals surface area (Å²) in [6.07, 6.45) is 9.55. The summed E-state index contributed by atoms with van der Waals surface area (Å²) < 4.78 is 28.6. The third kappa shape index (κ3) is 4.85.